The summed E-state index contributed by atoms with van der Waals surface area (Å²) >= 11 is 7.48. The van der Waals surface area contributed by atoms with Crippen molar-refractivity contribution in [2.45, 2.75) is 32.9 Å². The zero-order chi connectivity index (χ0) is 13.8. The molecule has 19 heavy (non-hydrogen) atoms. The fourth-order valence-corrected chi connectivity index (χ4v) is 2.78. The highest BCUT2D eigenvalue weighted by Crippen LogP contribution is 2.21. The zero-order valence-electron chi connectivity index (χ0n) is 10.9. The topological polar surface area (TPSA) is 24.9 Å². The molecule has 0 aliphatic carbocycles. The number of benzene rings is 1. The molecule has 1 unspecified atom stereocenters. The Bertz CT molecular complexity index is 556. The molecule has 102 valence electrons. The summed E-state index contributed by atoms with van der Waals surface area (Å²) in [4.78, 5) is 5.69. The Kier molecular flexibility index (Phi) is 4.91. The second kappa shape index (κ2) is 6.46. The van der Waals surface area contributed by atoms with Gasteiger partial charge in [0.2, 0.25) is 0 Å². The predicted octanol–water partition coefficient (Wildman–Crippen LogP) is 4.35. The van der Waals surface area contributed by atoms with E-state index in [1.165, 1.54) is 10.9 Å². The van der Waals surface area contributed by atoms with Gasteiger partial charge in [0.15, 0.2) is 0 Å². The quantitative estimate of drug-likeness (QED) is 0.888. The molecule has 1 heterocycles. The normalized spacial score (nSPS) is 12.6. The summed E-state index contributed by atoms with van der Waals surface area (Å²) in [5.41, 5.74) is 0.963. The summed E-state index contributed by atoms with van der Waals surface area (Å²) in [6.45, 7) is 4.83. The van der Waals surface area contributed by atoms with Crippen LogP contribution in [0.4, 0.5) is 4.39 Å². The number of thiazole rings is 1. The van der Waals surface area contributed by atoms with Gasteiger partial charge in [0.1, 0.15) is 10.8 Å². The molecule has 2 rings (SSSR count). The summed E-state index contributed by atoms with van der Waals surface area (Å²) in [7, 11) is 0. The van der Waals surface area contributed by atoms with E-state index in [0.717, 1.165) is 17.0 Å². The van der Waals surface area contributed by atoms with E-state index in [1.54, 1.807) is 23.5 Å². The molecule has 1 atom stereocenters. The smallest absolute Gasteiger partial charge is 0.141 e. The van der Waals surface area contributed by atoms with E-state index in [4.69, 9.17) is 11.6 Å². The number of nitrogens with one attached hydrogen (secondary N) is 1. The maximum atomic E-state index is 13.0. The van der Waals surface area contributed by atoms with Gasteiger partial charge in [-0.1, -0.05) is 24.6 Å². The molecule has 1 N–H and O–H groups in total. The van der Waals surface area contributed by atoms with E-state index in [9.17, 15) is 4.39 Å². The van der Waals surface area contributed by atoms with Crippen molar-refractivity contribution in [3.63, 3.8) is 0 Å². The van der Waals surface area contributed by atoms with Gasteiger partial charge in [-0.2, -0.15) is 0 Å². The third-order valence-electron chi connectivity index (χ3n) is 2.89. The van der Waals surface area contributed by atoms with E-state index in [2.05, 4.69) is 24.1 Å². The van der Waals surface area contributed by atoms with Crippen LogP contribution in [0, 0.1) is 5.82 Å². The van der Waals surface area contributed by atoms with Crippen LogP contribution in [0.1, 0.15) is 35.3 Å². The van der Waals surface area contributed by atoms with Gasteiger partial charge < -0.3 is 5.32 Å². The molecule has 0 radical (unpaired) electrons. The molecule has 0 saturated heterocycles. The summed E-state index contributed by atoms with van der Waals surface area (Å²) in [5.74, 6) is -0.383. The minimum Gasteiger partial charge on any atom is -0.304 e. The monoisotopic (exact) mass is 298 g/mol. The number of aromatic nitrogens is 1. The molecule has 0 saturated carbocycles. The highest BCUT2D eigenvalue weighted by molar-refractivity contribution is 7.11. The molecular formula is C14H16ClFN2S. The van der Waals surface area contributed by atoms with Crippen molar-refractivity contribution in [1.82, 2.24) is 10.3 Å². The van der Waals surface area contributed by atoms with Crippen LogP contribution < -0.4 is 5.32 Å². The molecule has 2 aromatic rings. The third-order valence-corrected chi connectivity index (χ3v) is 4.50. The molecule has 0 aliphatic heterocycles. The Morgan fingerprint density at radius 1 is 1.47 bits per heavy atom. The fourth-order valence-electron chi connectivity index (χ4n) is 1.69. The van der Waals surface area contributed by atoms with Crippen molar-refractivity contribution >= 4 is 22.9 Å². The molecule has 0 bridgehead atoms. The molecule has 1 aromatic heterocycles. The highest BCUT2D eigenvalue weighted by Gasteiger charge is 2.10. The predicted molar refractivity (Wildman–Crippen MR) is 78.2 cm³/mol. The first-order valence-corrected chi connectivity index (χ1v) is 7.41. The number of aryl methyl sites for hydroxylation is 1. The summed E-state index contributed by atoms with van der Waals surface area (Å²) in [6, 6.07) is 4.95. The Hall–Kier alpha value is -0.970. The average molecular weight is 299 g/mol. The Morgan fingerprint density at radius 2 is 2.26 bits per heavy atom. The summed E-state index contributed by atoms with van der Waals surface area (Å²) in [6.07, 6.45) is 2.94. The van der Waals surface area contributed by atoms with Crippen molar-refractivity contribution in [3.8, 4) is 0 Å². The van der Waals surface area contributed by atoms with Gasteiger partial charge in [0.05, 0.1) is 11.1 Å². The second-order valence-corrected chi connectivity index (χ2v) is 5.92. The van der Waals surface area contributed by atoms with Gasteiger partial charge in [0.25, 0.3) is 0 Å². The Morgan fingerprint density at radius 3 is 2.89 bits per heavy atom. The van der Waals surface area contributed by atoms with Crippen molar-refractivity contribution < 1.29 is 4.39 Å². The van der Waals surface area contributed by atoms with Crippen LogP contribution in [0.25, 0.3) is 0 Å². The molecule has 5 heteroatoms. The molecule has 0 fully saturated rings. The van der Waals surface area contributed by atoms with Crippen LogP contribution in [-0.2, 0) is 13.0 Å². The SMILES string of the molecule is CCc1cnc(C(C)NCc2ccc(F)c(Cl)c2)s1. The zero-order valence-corrected chi connectivity index (χ0v) is 12.5. The van der Waals surface area contributed by atoms with Gasteiger partial charge in [-0.05, 0) is 31.0 Å². The van der Waals surface area contributed by atoms with Crippen LogP contribution >= 0.6 is 22.9 Å². The fraction of sp³-hybridized carbons (Fsp3) is 0.357. The van der Waals surface area contributed by atoms with Crippen LogP contribution in [0.2, 0.25) is 5.02 Å². The minimum absolute atomic E-state index is 0.162. The van der Waals surface area contributed by atoms with Crippen molar-refractivity contribution in [2.75, 3.05) is 0 Å². The van der Waals surface area contributed by atoms with Crippen molar-refractivity contribution in [2.24, 2.45) is 0 Å². The lowest BCUT2D eigenvalue weighted by Crippen LogP contribution is -2.17. The maximum Gasteiger partial charge on any atom is 0.141 e. The highest BCUT2D eigenvalue weighted by atomic mass is 35.5. The minimum atomic E-state index is -0.383. The molecule has 0 aliphatic rings. The van der Waals surface area contributed by atoms with Gasteiger partial charge in [-0.3, -0.25) is 0 Å². The second-order valence-electron chi connectivity index (χ2n) is 4.37. The lowest BCUT2D eigenvalue weighted by Gasteiger charge is -2.11. The van der Waals surface area contributed by atoms with Crippen LogP contribution in [0.3, 0.4) is 0 Å². The van der Waals surface area contributed by atoms with E-state index < -0.39 is 0 Å². The standard InChI is InChI=1S/C14H16ClFN2S/c1-3-11-8-18-14(19-11)9(2)17-7-10-4-5-13(16)12(15)6-10/h4-6,8-9,17H,3,7H2,1-2H3. The number of nitrogens with zero attached hydrogens (tertiary/aromatic N) is 1. The maximum absolute atomic E-state index is 13.0. The van der Waals surface area contributed by atoms with Crippen LogP contribution in [0.15, 0.2) is 24.4 Å². The van der Waals surface area contributed by atoms with Gasteiger partial charge in [0, 0.05) is 17.6 Å². The number of hydrogen-bond donors (Lipinski definition) is 1. The summed E-state index contributed by atoms with van der Waals surface area (Å²) < 4.78 is 13.0. The van der Waals surface area contributed by atoms with E-state index in [-0.39, 0.29) is 16.9 Å². The lowest BCUT2D eigenvalue weighted by molar-refractivity contribution is 0.570. The largest absolute Gasteiger partial charge is 0.304 e. The first-order valence-electron chi connectivity index (χ1n) is 6.22. The van der Waals surface area contributed by atoms with E-state index in [1.807, 2.05) is 6.20 Å². The molecule has 0 amide bonds. The van der Waals surface area contributed by atoms with Crippen LogP contribution in [-0.4, -0.2) is 4.98 Å². The Labute approximate surface area is 121 Å². The Balaban J connectivity index is 1.95. The van der Waals surface area contributed by atoms with E-state index in [0.29, 0.717) is 6.54 Å². The first-order chi connectivity index (χ1) is 9.10. The first kappa shape index (κ1) is 14.4. The molecule has 0 spiro atoms. The number of halogens is 2. The molecule has 1 aromatic carbocycles. The van der Waals surface area contributed by atoms with Crippen molar-refractivity contribution in [3.05, 3.63) is 50.7 Å². The van der Waals surface area contributed by atoms with E-state index >= 15 is 0 Å². The van der Waals surface area contributed by atoms with Gasteiger partial charge >= 0.3 is 0 Å². The number of hydrogen-bond acceptors (Lipinski definition) is 3. The lowest BCUT2D eigenvalue weighted by atomic mass is 10.2. The number of rotatable bonds is 5. The average Bonchev–Trinajstić information content (AvgIpc) is 2.88. The van der Waals surface area contributed by atoms with Gasteiger partial charge in [-0.15, -0.1) is 11.3 Å². The van der Waals surface area contributed by atoms with Gasteiger partial charge in [-0.25, -0.2) is 9.37 Å². The third kappa shape index (κ3) is 3.75. The van der Waals surface area contributed by atoms with Crippen molar-refractivity contribution in [1.29, 1.82) is 0 Å². The van der Waals surface area contributed by atoms with Crippen LogP contribution in [0.5, 0.6) is 0 Å². The summed E-state index contributed by atoms with van der Waals surface area (Å²) in [5, 5.41) is 4.60. The molecule has 2 nitrogen and oxygen atoms in total. The molecular weight excluding hydrogens is 283 g/mol.